The normalized spacial score (nSPS) is 14.5. The average molecular weight is 446 g/mol. The lowest BCUT2D eigenvalue weighted by atomic mass is 9.86. The molecule has 0 radical (unpaired) electrons. The van der Waals surface area contributed by atoms with Crippen molar-refractivity contribution in [2.45, 2.75) is 58.9 Å². The summed E-state index contributed by atoms with van der Waals surface area (Å²) in [6.45, 7) is 4.97. The second-order valence-electron chi connectivity index (χ2n) is 9.35. The van der Waals surface area contributed by atoms with Gasteiger partial charge in [-0.2, -0.15) is 0 Å². The summed E-state index contributed by atoms with van der Waals surface area (Å²) in [5.74, 6) is 0.727. The third kappa shape index (κ3) is 5.38. The van der Waals surface area contributed by atoms with Crippen LogP contribution >= 0.6 is 0 Å². The van der Waals surface area contributed by atoms with Crippen molar-refractivity contribution >= 4 is 11.8 Å². The van der Waals surface area contributed by atoms with Crippen LogP contribution < -0.4 is 0 Å². The van der Waals surface area contributed by atoms with E-state index in [9.17, 15) is 14.7 Å². The summed E-state index contributed by atoms with van der Waals surface area (Å²) in [6.07, 6.45) is 5.86. The Balaban J connectivity index is 1.57. The van der Waals surface area contributed by atoms with Crippen molar-refractivity contribution in [2.75, 3.05) is 0 Å². The van der Waals surface area contributed by atoms with Gasteiger partial charge < -0.3 is 5.11 Å². The summed E-state index contributed by atoms with van der Waals surface area (Å²) in [6, 6.07) is 14.9. The number of hydrogen-bond acceptors (Lipinski definition) is 4. The predicted octanol–water partition coefficient (Wildman–Crippen LogP) is 5.65. The molecule has 2 aromatic carbocycles. The molecule has 3 aromatic rings. The topological polar surface area (TPSA) is 85.1 Å². The maximum absolute atomic E-state index is 13.0. The van der Waals surface area contributed by atoms with Crippen LogP contribution in [0.4, 0.5) is 0 Å². The molecule has 0 unspecified atom stereocenters. The lowest BCUT2D eigenvalue weighted by Crippen LogP contribution is -2.19. The van der Waals surface area contributed by atoms with Crippen LogP contribution in [-0.4, -0.2) is 31.6 Å². The molecule has 172 valence electrons. The van der Waals surface area contributed by atoms with E-state index in [2.05, 4.69) is 23.9 Å². The maximum Gasteiger partial charge on any atom is 0.336 e. The van der Waals surface area contributed by atoms with Crippen LogP contribution in [0.2, 0.25) is 0 Å². The number of rotatable bonds is 8. The first-order valence-corrected chi connectivity index (χ1v) is 11.8. The number of nitrogens with zero attached hydrogens (tertiary/aromatic N) is 3. The molecule has 1 fully saturated rings. The van der Waals surface area contributed by atoms with Crippen molar-refractivity contribution in [3.8, 4) is 11.1 Å². The molecule has 0 spiro atoms. The van der Waals surface area contributed by atoms with Crippen molar-refractivity contribution in [3.05, 3.63) is 71.3 Å². The molecule has 6 nitrogen and oxygen atoms in total. The van der Waals surface area contributed by atoms with Gasteiger partial charge in [-0.3, -0.25) is 4.79 Å². The number of aromatic carboxylic acids is 1. The summed E-state index contributed by atoms with van der Waals surface area (Å²) in [7, 11) is 0. The lowest BCUT2D eigenvalue weighted by molar-refractivity contribution is 0.0697. The average Bonchev–Trinajstić information content (AvgIpc) is 3.21. The highest BCUT2D eigenvalue weighted by Gasteiger charge is 2.26. The minimum Gasteiger partial charge on any atom is -0.478 e. The van der Waals surface area contributed by atoms with Gasteiger partial charge in [0, 0.05) is 18.9 Å². The van der Waals surface area contributed by atoms with Crippen LogP contribution in [0.5, 0.6) is 0 Å². The van der Waals surface area contributed by atoms with Crippen molar-refractivity contribution in [1.29, 1.82) is 0 Å². The van der Waals surface area contributed by atoms with Gasteiger partial charge in [0.1, 0.15) is 5.82 Å². The third-order valence-corrected chi connectivity index (χ3v) is 6.27. The van der Waals surface area contributed by atoms with E-state index in [4.69, 9.17) is 0 Å². The standard InChI is InChI=1S/C27H31N3O3/c1-18(2)17-30-24(28-26(29-30)25(31)21-8-4-3-5-9-21)16-19-12-14-20(15-13-19)22-10-6-7-11-23(22)27(32)33/h6-7,10-15,18,21H,3-5,8-9,16-17H2,1-2H3,(H,32,33). The summed E-state index contributed by atoms with van der Waals surface area (Å²) >= 11 is 0. The van der Waals surface area contributed by atoms with E-state index in [1.54, 1.807) is 12.1 Å². The van der Waals surface area contributed by atoms with E-state index in [0.29, 0.717) is 30.3 Å². The number of carbonyl (C=O) groups excluding carboxylic acids is 1. The summed E-state index contributed by atoms with van der Waals surface area (Å²) in [4.78, 5) is 29.2. The highest BCUT2D eigenvalue weighted by Crippen LogP contribution is 2.27. The SMILES string of the molecule is CC(C)Cn1nc(C(=O)C2CCCCC2)nc1Cc1ccc(-c2ccccc2C(=O)O)cc1. The Morgan fingerprint density at radius 2 is 1.73 bits per heavy atom. The van der Waals surface area contributed by atoms with Gasteiger partial charge in [0.05, 0.1) is 5.56 Å². The van der Waals surface area contributed by atoms with Gasteiger partial charge in [-0.1, -0.05) is 75.6 Å². The smallest absolute Gasteiger partial charge is 0.336 e. The molecule has 0 amide bonds. The fourth-order valence-corrected chi connectivity index (χ4v) is 4.56. The van der Waals surface area contributed by atoms with Crippen molar-refractivity contribution in [2.24, 2.45) is 11.8 Å². The fraction of sp³-hybridized carbons (Fsp3) is 0.407. The van der Waals surface area contributed by atoms with E-state index >= 15 is 0 Å². The molecule has 0 bridgehead atoms. The number of hydrogen-bond donors (Lipinski definition) is 1. The van der Waals surface area contributed by atoms with Gasteiger partial charge >= 0.3 is 5.97 Å². The van der Waals surface area contributed by atoms with Gasteiger partial charge in [0.2, 0.25) is 11.6 Å². The number of carbonyl (C=O) groups is 2. The molecule has 0 saturated heterocycles. The molecule has 1 aromatic heterocycles. The van der Waals surface area contributed by atoms with Crippen molar-refractivity contribution in [1.82, 2.24) is 14.8 Å². The predicted molar refractivity (Wildman–Crippen MR) is 127 cm³/mol. The quantitative estimate of drug-likeness (QED) is 0.453. The summed E-state index contributed by atoms with van der Waals surface area (Å²) in [5.41, 5.74) is 2.88. The number of Topliss-reactive ketones (excluding diaryl/α,β-unsaturated/α-hetero) is 1. The molecule has 6 heteroatoms. The number of carboxylic acid groups (broad SMARTS) is 1. The maximum atomic E-state index is 13.0. The number of benzene rings is 2. The van der Waals surface area contributed by atoms with E-state index in [0.717, 1.165) is 42.6 Å². The number of carboxylic acids is 1. The Hall–Kier alpha value is -3.28. The van der Waals surface area contributed by atoms with E-state index in [1.807, 2.05) is 41.1 Å². The van der Waals surface area contributed by atoms with Crippen LogP contribution in [0, 0.1) is 11.8 Å². The first-order chi connectivity index (χ1) is 15.9. The fourth-order valence-electron chi connectivity index (χ4n) is 4.56. The Kier molecular flexibility index (Phi) is 7.02. The van der Waals surface area contributed by atoms with Crippen LogP contribution in [-0.2, 0) is 13.0 Å². The Labute approximate surface area is 194 Å². The molecule has 0 aliphatic heterocycles. The third-order valence-electron chi connectivity index (χ3n) is 6.27. The van der Waals surface area contributed by atoms with Crippen LogP contribution in [0.3, 0.4) is 0 Å². The Morgan fingerprint density at radius 1 is 1.03 bits per heavy atom. The summed E-state index contributed by atoms with van der Waals surface area (Å²) in [5, 5.41) is 14.1. The van der Waals surface area contributed by atoms with E-state index < -0.39 is 5.97 Å². The molecule has 1 aliphatic carbocycles. The molecule has 33 heavy (non-hydrogen) atoms. The Morgan fingerprint density at radius 3 is 2.39 bits per heavy atom. The lowest BCUT2D eigenvalue weighted by Gasteiger charge is -2.18. The molecule has 4 rings (SSSR count). The zero-order valence-electron chi connectivity index (χ0n) is 19.3. The number of ketones is 1. The highest BCUT2D eigenvalue weighted by atomic mass is 16.4. The Bertz CT molecular complexity index is 1130. The van der Waals surface area contributed by atoms with Gasteiger partial charge in [-0.25, -0.2) is 14.5 Å². The van der Waals surface area contributed by atoms with Gasteiger partial charge in [-0.05, 0) is 41.5 Å². The van der Waals surface area contributed by atoms with E-state index in [1.165, 1.54) is 6.42 Å². The highest BCUT2D eigenvalue weighted by molar-refractivity contribution is 5.96. The van der Waals surface area contributed by atoms with Gasteiger partial charge in [0.25, 0.3) is 0 Å². The summed E-state index contributed by atoms with van der Waals surface area (Å²) < 4.78 is 1.88. The second-order valence-corrected chi connectivity index (χ2v) is 9.35. The van der Waals surface area contributed by atoms with Crippen LogP contribution in [0.15, 0.2) is 48.5 Å². The molecule has 1 aliphatic rings. The van der Waals surface area contributed by atoms with Gasteiger partial charge in [0.15, 0.2) is 0 Å². The first kappa shape index (κ1) is 22.9. The monoisotopic (exact) mass is 445 g/mol. The van der Waals surface area contributed by atoms with Crippen LogP contribution in [0.1, 0.15) is 78.3 Å². The molecule has 0 atom stereocenters. The molecular formula is C27H31N3O3. The number of aromatic nitrogens is 3. The molecule has 1 heterocycles. The molecular weight excluding hydrogens is 414 g/mol. The van der Waals surface area contributed by atoms with Gasteiger partial charge in [-0.15, -0.1) is 5.10 Å². The minimum atomic E-state index is -0.938. The zero-order chi connectivity index (χ0) is 23.4. The molecule has 1 saturated carbocycles. The molecule has 1 N–H and O–H groups in total. The van der Waals surface area contributed by atoms with Crippen LogP contribution in [0.25, 0.3) is 11.1 Å². The second kappa shape index (κ2) is 10.1. The van der Waals surface area contributed by atoms with E-state index in [-0.39, 0.29) is 17.3 Å². The minimum absolute atomic E-state index is 0.0510. The zero-order valence-corrected chi connectivity index (χ0v) is 19.3. The van der Waals surface area contributed by atoms with Crippen molar-refractivity contribution < 1.29 is 14.7 Å². The largest absolute Gasteiger partial charge is 0.478 e. The van der Waals surface area contributed by atoms with Crippen molar-refractivity contribution in [3.63, 3.8) is 0 Å². The first-order valence-electron chi connectivity index (χ1n) is 11.8.